The van der Waals surface area contributed by atoms with Crippen LogP contribution in [0.5, 0.6) is 23.0 Å². The summed E-state index contributed by atoms with van der Waals surface area (Å²) in [6, 6.07) is 7.64. The highest BCUT2D eigenvalue weighted by molar-refractivity contribution is 6.32. The second kappa shape index (κ2) is 6.18. The van der Waals surface area contributed by atoms with Crippen LogP contribution in [0.25, 0.3) is 0 Å². The van der Waals surface area contributed by atoms with Crippen LogP contribution in [0, 0.1) is 0 Å². The number of rotatable bonds is 4. The van der Waals surface area contributed by atoms with E-state index in [1.54, 1.807) is 18.2 Å². The predicted molar refractivity (Wildman–Crippen MR) is 84.8 cm³/mol. The lowest BCUT2D eigenvalue weighted by Crippen LogP contribution is -2.14. The maximum atomic E-state index is 12.2. The Balaban J connectivity index is 1.43. The van der Waals surface area contributed by atoms with Crippen molar-refractivity contribution in [3.63, 3.8) is 0 Å². The number of ketones is 1. The van der Waals surface area contributed by atoms with Gasteiger partial charge < -0.3 is 23.7 Å². The van der Waals surface area contributed by atoms with Crippen LogP contribution >= 0.6 is 11.6 Å². The molecule has 0 amide bonds. The van der Waals surface area contributed by atoms with Gasteiger partial charge in [0.25, 0.3) is 0 Å². The molecule has 2 aliphatic heterocycles. The Bertz CT molecular complexity index is 878. The second-order valence-corrected chi connectivity index (χ2v) is 5.67. The zero-order valence-electron chi connectivity index (χ0n) is 12.7. The van der Waals surface area contributed by atoms with Gasteiger partial charge >= 0.3 is 5.97 Å². The van der Waals surface area contributed by atoms with Crippen molar-refractivity contribution >= 4 is 23.4 Å². The molecular weight excluding hydrogens is 352 g/mol. The van der Waals surface area contributed by atoms with E-state index < -0.39 is 12.6 Å². The van der Waals surface area contributed by atoms with Crippen molar-refractivity contribution in [3.05, 3.63) is 46.5 Å². The topological polar surface area (TPSA) is 80.3 Å². The van der Waals surface area contributed by atoms with Crippen LogP contribution in [-0.4, -0.2) is 31.9 Å². The van der Waals surface area contributed by atoms with Gasteiger partial charge in [-0.1, -0.05) is 11.6 Å². The average Bonchev–Trinajstić information content (AvgIpc) is 3.27. The SMILES string of the molecule is O=C(COC(=O)c1cc(Cl)c2c(c1)OCO2)c1ccc2c(c1)OCO2. The summed E-state index contributed by atoms with van der Waals surface area (Å²) in [7, 11) is 0. The average molecular weight is 363 g/mol. The van der Waals surface area contributed by atoms with Crippen LogP contribution in [0.3, 0.4) is 0 Å². The minimum absolute atomic E-state index is 0.0379. The molecule has 0 aliphatic carbocycles. The molecule has 0 atom stereocenters. The summed E-state index contributed by atoms with van der Waals surface area (Å²) >= 11 is 6.03. The first-order chi connectivity index (χ1) is 12.1. The highest BCUT2D eigenvalue weighted by Crippen LogP contribution is 2.40. The molecule has 2 aromatic rings. The van der Waals surface area contributed by atoms with Gasteiger partial charge in [0, 0.05) is 5.56 Å². The first-order valence-electron chi connectivity index (χ1n) is 7.31. The van der Waals surface area contributed by atoms with Gasteiger partial charge in [-0.05, 0) is 30.3 Å². The lowest BCUT2D eigenvalue weighted by molar-refractivity contribution is 0.0474. The summed E-state index contributed by atoms with van der Waals surface area (Å²) in [4.78, 5) is 24.3. The summed E-state index contributed by atoms with van der Waals surface area (Å²) in [5.74, 6) is 0.757. The van der Waals surface area contributed by atoms with E-state index in [1.807, 2.05) is 0 Å². The zero-order chi connectivity index (χ0) is 17.4. The third kappa shape index (κ3) is 2.94. The number of fused-ring (bicyclic) bond motifs is 2. The number of carbonyl (C=O) groups is 2. The molecule has 0 radical (unpaired) electrons. The molecule has 0 saturated heterocycles. The van der Waals surface area contributed by atoms with E-state index in [4.69, 9.17) is 35.3 Å². The van der Waals surface area contributed by atoms with Gasteiger partial charge in [0.1, 0.15) is 0 Å². The molecule has 0 N–H and O–H groups in total. The molecule has 0 fully saturated rings. The fourth-order valence-corrected chi connectivity index (χ4v) is 2.72. The molecular formula is C17H11ClO7. The van der Waals surface area contributed by atoms with Crippen molar-refractivity contribution in [2.24, 2.45) is 0 Å². The highest BCUT2D eigenvalue weighted by atomic mass is 35.5. The summed E-state index contributed by atoms with van der Waals surface area (Å²) in [6.45, 7) is -0.256. The Kier molecular flexibility index (Phi) is 3.85. The third-order valence-corrected chi connectivity index (χ3v) is 3.97. The van der Waals surface area contributed by atoms with E-state index in [0.29, 0.717) is 28.6 Å². The Morgan fingerprint density at radius 1 is 0.920 bits per heavy atom. The van der Waals surface area contributed by atoms with Crippen LogP contribution in [0.15, 0.2) is 30.3 Å². The number of Topliss-reactive ketones (excluding diaryl/α,β-unsaturated/α-hetero) is 1. The lowest BCUT2D eigenvalue weighted by Gasteiger charge is -2.07. The maximum Gasteiger partial charge on any atom is 0.338 e. The van der Waals surface area contributed by atoms with Crippen LogP contribution in [-0.2, 0) is 4.74 Å². The number of carbonyl (C=O) groups excluding carboxylic acids is 2. The number of hydrogen-bond acceptors (Lipinski definition) is 7. The summed E-state index contributed by atoms with van der Waals surface area (Å²) in [5, 5.41) is 0.240. The molecule has 2 heterocycles. The molecule has 2 aliphatic rings. The van der Waals surface area contributed by atoms with Crippen molar-refractivity contribution < 1.29 is 33.3 Å². The Morgan fingerprint density at radius 2 is 1.64 bits per heavy atom. The van der Waals surface area contributed by atoms with E-state index in [9.17, 15) is 9.59 Å². The molecule has 0 unspecified atom stereocenters. The number of benzene rings is 2. The summed E-state index contributed by atoms with van der Waals surface area (Å²) in [6.07, 6.45) is 0. The van der Waals surface area contributed by atoms with Crippen LogP contribution < -0.4 is 18.9 Å². The Morgan fingerprint density at radius 3 is 2.52 bits per heavy atom. The molecule has 0 spiro atoms. The Hall–Kier alpha value is -2.93. The maximum absolute atomic E-state index is 12.2. The molecule has 2 aromatic carbocycles. The van der Waals surface area contributed by atoms with Gasteiger partial charge in [0.2, 0.25) is 13.6 Å². The molecule has 0 aromatic heterocycles. The molecule has 0 bridgehead atoms. The van der Waals surface area contributed by atoms with Gasteiger partial charge in [-0.25, -0.2) is 4.79 Å². The summed E-state index contributed by atoms with van der Waals surface area (Å²) in [5.41, 5.74) is 0.536. The van der Waals surface area contributed by atoms with Gasteiger partial charge in [-0.15, -0.1) is 0 Å². The van der Waals surface area contributed by atoms with Crippen LogP contribution in [0.4, 0.5) is 0 Å². The van der Waals surface area contributed by atoms with Gasteiger partial charge in [0.05, 0.1) is 10.6 Å². The van der Waals surface area contributed by atoms with Crippen molar-refractivity contribution in [2.45, 2.75) is 0 Å². The van der Waals surface area contributed by atoms with E-state index >= 15 is 0 Å². The highest BCUT2D eigenvalue weighted by Gasteiger charge is 2.22. The number of halogens is 1. The van der Waals surface area contributed by atoms with Gasteiger partial charge in [-0.3, -0.25) is 4.79 Å². The fraction of sp³-hybridized carbons (Fsp3) is 0.176. The van der Waals surface area contributed by atoms with Crippen molar-refractivity contribution in [1.29, 1.82) is 0 Å². The summed E-state index contributed by atoms with van der Waals surface area (Å²) < 4.78 is 25.8. The predicted octanol–water partition coefficient (Wildman–Crippen LogP) is 2.84. The first-order valence-corrected chi connectivity index (χ1v) is 7.69. The van der Waals surface area contributed by atoms with E-state index in [1.165, 1.54) is 12.1 Å². The lowest BCUT2D eigenvalue weighted by atomic mass is 10.1. The fourth-order valence-electron chi connectivity index (χ4n) is 2.45. The van der Waals surface area contributed by atoms with E-state index in [-0.39, 0.29) is 30.0 Å². The Labute approximate surface area is 146 Å². The van der Waals surface area contributed by atoms with Crippen LogP contribution in [0.1, 0.15) is 20.7 Å². The van der Waals surface area contributed by atoms with Crippen molar-refractivity contribution in [3.8, 4) is 23.0 Å². The largest absolute Gasteiger partial charge is 0.454 e. The molecule has 7 nitrogen and oxygen atoms in total. The van der Waals surface area contributed by atoms with Crippen molar-refractivity contribution in [2.75, 3.05) is 20.2 Å². The van der Waals surface area contributed by atoms with Gasteiger partial charge in [0.15, 0.2) is 35.4 Å². The molecule has 0 saturated carbocycles. The zero-order valence-corrected chi connectivity index (χ0v) is 13.5. The standard InChI is InChI=1S/C17H11ClO7/c18-11-3-10(5-15-16(11)25-8-24-15)17(20)21-6-12(19)9-1-2-13-14(4-9)23-7-22-13/h1-5H,6-8H2. The second-order valence-electron chi connectivity index (χ2n) is 5.26. The molecule has 25 heavy (non-hydrogen) atoms. The molecule has 4 rings (SSSR count). The molecule has 8 heteroatoms. The minimum Gasteiger partial charge on any atom is -0.454 e. The molecule has 128 valence electrons. The van der Waals surface area contributed by atoms with Crippen LogP contribution in [0.2, 0.25) is 5.02 Å². The number of hydrogen-bond donors (Lipinski definition) is 0. The minimum atomic E-state index is -0.686. The monoisotopic (exact) mass is 362 g/mol. The number of ether oxygens (including phenoxy) is 5. The third-order valence-electron chi connectivity index (χ3n) is 3.69. The quantitative estimate of drug-likeness (QED) is 0.611. The number of esters is 1. The first kappa shape index (κ1) is 15.6. The van der Waals surface area contributed by atoms with Crippen molar-refractivity contribution in [1.82, 2.24) is 0 Å². The van der Waals surface area contributed by atoms with E-state index in [2.05, 4.69) is 0 Å². The van der Waals surface area contributed by atoms with Gasteiger partial charge in [-0.2, -0.15) is 0 Å². The van der Waals surface area contributed by atoms with E-state index in [0.717, 1.165) is 0 Å². The normalized spacial score (nSPS) is 13.6. The smallest absolute Gasteiger partial charge is 0.338 e.